The summed E-state index contributed by atoms with van der Waals surface area (Å²) >= 11 is 0. The Bertz CT molecular complexity index is 236. The number of rotatable bonds is 5. The Hall–Kier alpha value is -0.940. The first-order valence-electron chi connectivity index (χ1n) is 3.95. The van der Waals surface area contributed by atoms with Crippen LogP contribution in [0.1, 0.15) is 5.56 Å². The van der Waals surface area contributed by atoms with Gasteiger partial charge in [-0.2, -0.15) is 0 Å². The number of nitrogens with one attached hydrogen (secondary N) is 2. The number of hydrogen-bond acceptors (Lipinski definition) is 2. The average molecular weight is 190 g/mol. The molecule has 0 saturated heterocycles. The van der Waals surface area contributed by atoms with Crippen molar-refractivity contribution in [1.29, 1.82) is 0 Å². The summed E-state index contributed by atoms with van der Waals surface area (Å²) in [5.41, 5.74) is 0.911. The van der Waals surface area contributed by atoms with Gasteiger partial charge in [0.2, 0.25) is 0 Å². The van der Waals surface area contributed by atoms with Gasteiger partial charge in [-0.15, -0.1) is 0 Å². The van der Waals surface area contributed by atoms with Gasteiger partial charge in [0.05, 0.1) is 6.54 Å². The van der Waals surface area contributed by atoms with Gasteiger partial charge in [-0.05, 0) is 11.6 Å². The lowest BCUT2D eigenvalue weighted by molar-refractivity contribution is -0.0477. The third-order valence-corrected chi connectivity index (χ3v) is 1.61. The van der Waals surface area contributed by atoms with Gasteiger partial charge in [0, 0.05) is 18.9 Å². The minimum atomic E-state index is -3.03. The molecule has 0 radical (unpaired) electrons. The van der Waals surface area contributed by atoms with Crippen molar-refractivity contribution in [3.05, 3.63) is 24.0 Å². The number of hydrogen-bond donors (Lipinski definition) is 3. The van der Waals surface area contributed by atoms with Crippen LogP contribution >= 0.6 is 0 Å². The van der Waals surface area contributed by atoms with Crippen LogP contribution in [0, 0.1) is 0 Å². The minimum absolute atomic E-state index is 0.374. The number of H-pyrrole nitrogens is 1. The molecular formula is C8H12F2N2O. The summed E-state index contributed by atoms with van der Waals surface area (Å²) in [4.78, 5) is 2.81. The molecule has 1 aromatic heterocycles. The van der Waals surface area contributed by atoms with Crippen LogP contribution in [0.2, 0.25) is 0 Å². The molecule has 74 valence electrons. The second-order valence-electron chi connectivity index (χ2n) is 2.84. The maximum atomic E-state index is 12.5. The van der Waals surface area contributed by atoms with Crippen molar-refractivity contribution >= 4 is 0 Å². The summed E-state index contributed by atoms with van der Waals surface area (Å²) < 4.78 is 24.9. The zero-order valence-electron chi connectivity index (χ0n) is 7.06. The maximum Gasteiger partial charge on any atom is 0.282 e. The largest absolute Gasteiger partial charge is 0.390 e. The van der Waals surface area contributed by atoms with Gasteiger partial charge in [-0.3, -0.25) is 0 Å². The van der Waals surface area contributed by atoms with Crippen LogP contribution in [0.4, 0.5) is 8.78 Å². The third-order valence-electron chi connectivity index (χ3n) is 1.61. The summed E-state index contributed by atoms with van der Waals surface area (Å²) in [7, 11) is 0. The van der Waals surface area contributed by atoms with Crippen molar-refractivity contribution in [2.45, 2.75) is 12.5 Å². The normalized spacial score (nSPS) is 11.9. The first-order chi connectivity index (χ1) is 6.14. The molecule has 0 unspecified atom stereocenters. The monoisotopic (exact) mass is 190 g/mol. The topological polar surface area (TPSA) is 48.0 Å². The van der Waals surface area contributed by atoms with Crippen LogP contribution in [-0.4, -0.2) is 29.2 Å². The molecule has 0 spiro atoms. The lowest BCUT2D eigenvalue weighted by Crippen LogP contribution is -2.35. The van der Waals surface area contributed by atoms with E-state index in [4.69, 9.17) is 5.11 Å². The number of alkyl halides is 2. The highest BCUT2D eigenvalue weighted by atomic mass is 19.3. The van der Waals surface area contributed by atoms with Crippen LogP contribution in [-0.2, 0) is 6.54 Å². The fourth-order valence-electron chi connectivity index (χ4n) is 0.914. The molecular weight excluding hydrogens is 178 g/mol. The molecule has 0 bridgehead atoms. The SMILES string of the molecule is OCC(F)(F)CNCc1cc[nH]c1. The highest BCUT2D eigenvalue weighted by Crippen LogP contribution is 2.10. The molecule has 0 saturated carbocycles. The van der Waals surface area contributed by atoms with Gasteiger partial charge in [0.25, 0.3) is 5.92 Å². The van der Waals surface area contributed by atoms with Crippen LogP contribution in [0.25, 0.3) is 0 Å². The van der Waals surface area contributed by atoms with E-state index in [1.54, 1.807) is 18.5 Å². The van der Waals surface area contributed by atoms with E-state index >= 15 is 0 Å². The Morgan fingerprint density at radius 1 is 1.54 bits per heavy atom. The van der Waals surface area contributed by atoms with Crippen LogP contribution in [0.5, 0.6) is 0 Å². The van der Waals surface area contributed by atoms with Gasteiger partial charge in [-0.25, -0.2) is 8.78 Å². The van der Waals surface area contributed by atoms with E-state index < -0.39 is 19.1 Å². The Labute approximate surface area is 74.8 Å². The fourth-order valence-corrected chi connectivity index (χ4v) is 0.914. The van der Waals surface area contributed by atoms with Gasteiger partial charge >= 0.3 is 0 Å². The van der Waals surface area contributed by atoms with Gasteiger partial charge in [0.1, 0.15) is 6.61 Å². The molecule has 1 rings (SSSR count). The quantitative estimate of drug-likeness (QED) is 0.641. The third kappa shape index (κ3) is 3.52. The number of aliphatic hydroxyl groups is 1. The number of aromatic nitrogens is 1. The Morgan fingerprint density at radius 3 is 2.85 bits per heavy atom. The molecule has 0 aliphatic heterocycles. The predicted octanol–water partition coefficient (Wildman–Crippen LogP) is 0.732. The van der Waals surface area contributed by atoms with Crippen LogP contribution in [0.3, 0.4) is 0 Å². The standard InChI is InChI=1S/C8H12F2N2O/c9-8(10,6-13)5-12-4-7-1-2-11-3-7/h1-3,11-13H,4-6H2. The van der Waals surface area contributed by atoms with Gasteiger partial charge in [-0.1, -0.05) is 0 Å². The highest BCUT2D eigenvalue weighted by Gasteiger charge is 2.26. The minimum Gasteiger partial charge on any atom is -0.390 e. The molecule has 5 heteroatoms. The molecule has 1 heterocycles. The summed E-state index contributed by atoms with van der Waals surface area (Å²) in [6, 6.07) is 1.80. The van der Waals surface area contributed by atoms with Crippen molar-refractivity contribution in [2.24, 2.45) is 0 Å². The van der Waals surface area contributed by atoms with Gasteiger partial charge in [0.15, 0.2) is 0 Å². The number of aromatic amines is 1. The van der Waals surface area contributed by atoms with E-state index in [9.17, 15) is 8.78 Å². The van der Waals surface area contributed by atoms with Crippen molar-refractivity contribution in [1.82, 2.24) is 10.3 Å². The summed E-state index contributed by atoms with van der Waals surface area (Å²) in [6.07, 6.45) is 3.45. The van der Waals surface area contributed by atoms with Crippen molar-refractivity contribution in [3.8, 4) is 0 Å². The van der Waals surface area contributed by atoms with Gasteiger partial charge < -0.3 is 15.4 Å². The molecule has 0 atom stereocenters. The second kappa shape index (κ2) is 4.34. The smallest absolute Gasteiger partial charge is 0.282 e. The number of aliphatic hydroxyl groups excluding tert-OH is 1. The Kier molecular flexibility index (Phi) is 3.39. The molecule has 0 aliphatic rings. The molecule has 3 nitrogen and oxygen atoms in total. The zero-order valence-corrected chi connectivity index (χ0v) is 7.06. The first-order valence-corrected chi connectivity index (χ1v) is 3.95. The molecule has 3 N–H and O–H groups in total. The lowest BCUT2D eigenvalue weighted by atomic mass is 10.3. The maximum absolute atomic E-state index is 12.5. The molecule has 0 aliphatic carbocycles. The second-order valence-corrected chi connectivity index (χ2v) is 2.84. The van der Waals surface area contributed by atoms with E-state index in [0.29, 0.717) is 6.54 Å². The summed E-state index contributed by atoms with van der Waals surface area (Å²) in [6.45, 7) is -1.25. The molecule has 0 amide bonds. The van der Waals surface area contributed by atoms with E-state index in [0.717, 1.165) is 5.56 Å². The first kappa shape index (κ1) is 10.1. The van der Waals surface area contributed by atoms with E-state index in [1.165, 1.54) is 0 Å². The molecule has 13 heavy (non-hydrogen) atoms. The molecule has 0 aromatic carbocycles. The molecule has 0 fully saturated rings. The predicted molar refractivity (Wildman–Crippen MR) is 44.5 cm³/mol. The van der Waals surface area contributed by atoms with E-state index in [1.807, 2.05) is 0 Å². The highest BCUT2D eigenvalue weighted by molar-refractivity contribution is 5.07. The lowest BCUT2D eigenvalue weighted by Gasteiger charge is -2.13. The van der Waals surface area contributed by atoms with Crippen LogP contribution < -0.4 is 5.32 Å². The van der Waals surface area contributed by atoms with E-state index in [-0.39, 0.29) is 0 Å². The Morgan fingerprint density at radius 2 is 2.31 bits per heavy atom. The Balaban J connectivity index is 2.21. The summed E-state index contributed by atoms with van der Waals surface area (Å²) in [5, 5.41) is 10.8. The fraction of sp³-hybridized carbons (Fsp3) is 0.500. The van der Waals surface area contributed by atoms with E-state index in [2.05, 4.69) is 10.3 Å². The van der Waals surface area contributed by atoms with Crippen molar-refractivity contribution in [2.75, 3.05) is 13.2 Å². The van der Waals surface area contributed by atoms with Crippen molar-refractivity contribution < 1.29 is 13.9 Å². The summed E-state index contributed by atoms with van der Waals surface area (Å²) in [5.74, 6) is -3.03. The zero-order chi connectivity index (χ0) is 9.73. The van der Waals surface area contributed by atoms with Crippen molar-refractivity contribution in [3.63, 3.8) is 0 Å². The average Bonchev–Trinajstić information content (AvgIpc) is 2.57. The molecule has 1 aromatic rings. The van der Waals surface area contributed by atoms with Crippen LogP contribution in [0.15, 0.2) is 18.5 Å². The number of halogens is 2.